The van der Waals surface area contributed by atoms with Crippen molar-refractivity contribution in [3.05, 3.63) is 81.5 Å². The minimum Gasteiger partial charge on any atom is -0.324 e. The van der Waals surface area contributed by atoms with Crippen LogP contribution in [-0.4, -0.2) is 28.3 Å². The standard InChI is InChI=1S/C24H24F2N4O3S/c1-5-34(32,33)28-21-9-17(18-8-14(2)24(31)29(4)12-18)10-22-23(21)27-15(3)30(22)13-16-6-7-19(25)11-20(16)26/h6-12,28H,5,13H2,1-4H3. The number of halogens is 2. The summed E-state index contributed by atoms with van der Waals surface area (Å²) in [6.45, 7) is 5.04. The molecule has 0 unspecified atom stereocenters. The smallest absolute Gasteiger partial charge is 0.253 e. The average molecular weight is 487 g/mol. The number of rotatable bonds is 6. The van der Waals surface area contributed by atoms with Crippen LogP contribution in [0.15, 0.2) is 47.4 Å². The van der Waals surface area contributed by atoms with Gasteiger partial charge in [-0.2, -0.15) is 0 Å². The van der Waals surface area contributed by atoms with Crippen LogP contribution in [0.1, 0.15) is 23.9 Å². The summed E-state index contributed by atoms with van der Waals surface area (Å²) in [6, 6.07) is 8.60. The van der Waals surface area contributed by atoms with Crippen LogP contribution < -0.4 is 10.3 Å². The van der Waals surface area contributed by atoms with Crippen molar-refractivity contribution in [2.24, 2.45) is 7.05 Å². The summed E-state index contributed by atoms with van der Waals surface area (Å²) in [4.78, 5) is 16.7. The second-order valence-corrected chi connectivity index (χ2v) is 10.2. The zero-order valence-electron chi connectivity index (χ0n) is 19.2. The molecule has 0 saturated heterocycles. The summed E-state index contributed by atoms with van der Waals surface area (Å²) >= 11 is 0. The quantitative estimate of drug-likeness (QED) is 0.445. The molecule has 0 saturated carbocycles. The Kier molecular flexibility index (Phi) is 6.03. The van der Waals surface area contributed by atoms with E-state index in [1.54, 1.807) is 43.8 Å². The number of sulfonamides is 1. The minimum absolute atomic E-state index is 0.0736. The van der Waals surface area contributed by atoms with E-state index in [1.807, 2.05) is 6.07 Å². The first-order valence-corrected chi connectivity index (χ1v) is 12.3. The monoisotopic (exact) mass is 486 g/mol. The number of hydrogen-bond acceptors (Lipinski definition) is 4. The lowest BCUT2D eigenvalue weighted by molar-refractivity contribution is 0.566. The van der Waals surface area contributed by atoms with Gasteiger partial charge in [0.15, 0.2) is 0 Å². The van der Waals surface area contributed by atoms with Crippen LogP contribution in [0.3, 0.4) is 0 Å². The molecule has 7 nitrogen and oxygen atoms in total. The van der Waals surface area contributed by atoms with E-state index in [-0.39, 0.29) is 29.1 Å². The number of fused-ring (bicyclic) bond motifs is 1. The molecule has 34 heavy (non-hydrogen) atoms. The highest BCUT2D eigenvalue weighted by Crippen LogP contribution is 2.33. The second-order valence-electron chi connectivity index (χ2n) is 8.21. The van der Waals surface area contributed by atoms with Crippen molar-refractivity contribution in [3.63, 3.8) is 0 Å². The first kappa shape index (κ1) is 23.6. The molecule has 10 heteroatoms. The molecule has 0 bridgehead atoms. The van der Waals surface area contributed by atoms with Crippen molar-refractivity contribution in [2.75, 3.05) is 10.5 Å². The lowest BCUT2D eigenvalue weighted by Crippen LogP contribution is -2.18. The molecule has 4 rings (SSSR count). The highest BCUT2D eigenvalue weighted by Gasteiger charge is 2.19. The fourth-order valence-electron chi connectivity index (χ4n) is 3.88. The maximum absolute atomic E-state index is 14.4. The molecule has 4 aromatic rings. The molecule has 0 spiro atoms. The van der Waals surface area contributed by atoms with E-state index in [1.165, 1.54) is 23.6 Å². The van der Waals surface area contributed by atoms with Crippen LogP contribution >= 0.6 is 0 Å². The van der Waals surface area contributed by atoms with Crippen LogP contribution in [0, 0.1) is 25.5 Å². The van der Waals surface area contributed by atoms with E-state index >= 15 is 0 Å². The van der Waals surface area contributed by atoms with Crippen molar-refractivity contribution in [1.29, 1.82) is 0 Å². The largest absolute Gasteiger partial charge is 0.324 e. The number of nitrogens with zero attached hydrogens (tertiary/aromatic N) is 3. The zero-order chi connectivity index (χ0) is 24.8. The molecule has 2 heterocycles. The molecule has 0 fully saturated rings. The first-order valence-electron chi connectivity index (χ1n) is 10.6. The van der Waals surface area contributed by atoms with Gasteiger partial charge in [-0.1, -0.05) is 6.07 Å². The maximum atomic E-state index is 14.4. The molecule has 0 aliphatic carbocycles. The fourth-order valence-corrected chi connectivity index (χ4v) is 4.51. The van der Waals surface area contributed by atoms with Crippen LogP contribution in [0.4, 0.5) is 14.5 Å². The van der Waals surface area contributed by atoms with Gasteiger partial charge in [-0.25, -0.2) is 22.2 Å². The summed E-state index contributed by atoms with van der Waals surface area (Å²) in [5.41, 5.74) is 3.28. The van der Waals surface area contributed by atoms with Gasteiger partial charge < -0.3 is 9.13 Å². The SMILES string of the molecule is CCS(=O)(=O)Nc1cc(-c2cc(C)c(=O)n(C)c2)cc2c1nc(C)n2Cc1ccc(F)cc1F. The van der Waals surface area contributed by atoms with Crippen LogP contribution in [0.5, 0.6) is 0 Å². The number of nitrogens with one attached hydrogen (secondary N) is 1. The first-order chi connectivity index (χ1) is 16.0. The summed E-state index contributed by atoms with van der Waals surface area (Å²) in [6.07, 6.45) is 1.67. The van der Waals surface area contributed by atoms with Gasteiger partial charge in [0, 0.05) is 30.4 Å². The summed E-state index contributed by atoms with van der Waals surface area (Å²) in [7, 11) is -1.97. The van der Waals surface area contributed by atoms with E-state index in [0.717, 1.165) is 6.07 Å². The highest BCUT2D eigenvalue weighted by atomic mass is 32.2. The van der Waals surface area contributed by atoms with Crippen molar-refractivity contribution < 1.29 is 17.2 Å². The lowest BCUT2D eigenvalue weighted by atomic mass is 10.0. The van der Waals surface area contributed by atoms with E-state index in [0.29, 0.717) is 33.5 Å². The third-order valence-corrected chi connectivity index (χ3v) is 7.02. The van der Waals surface area contributed by atoms with Crippen molar-refractivity contribution in [1.82, 2.24) is 14.1 Å². The van der Waals surface area contributed by atoms with Gasteiger partial charge in [0.1, 0.15) is 23.0 Å². The van der Waals surface area contributed by atoms with Gasteiger partial charge in [-0.15, -0.1) is 0 Å². The average Bonchev–Trinajstić information content (AvgIpc) is 3.09. The Hall–Kier alpha value is -3.53. The number of anilines is 1. The Morgan fingerprint density at radius 1 is 1.06 bits per heavy atom. The summed E-state index contributed by atoms with van der Waals surface area (Å²) < 4.78 is 58.4. The van der Waals surface area contributed by atoms with Gasteiger partial charge >= 0.3 is 0 Å². The van der Waals surface area contributed by atoms with Gasteiger partial charge in [0.25, 0.3) is 5.56 Å². The highest BCUT2D eigenvalue weighted by molar-refractivity contribution is 7.92. The molecular weight excluding hydrogens is 462 g/mol. The van der Waals surface area contributed by atoms with Crippen LogP contribution in [-0.2, 0) is 23.6 Å². The summed E-state index contributed by atoms with van der Waals surface area (Å²) in [5.74, 6) is -0.947. The van der Waals surface area contributed by atoms with E-state index in [2.05, 4.69) is 9.71 Å². The van der Waals surface area contributed by atoms with E-state index in [9.17, 15) is 22.0 Å². The third-order valence-electron chi connectivity index (χ3n) is 5.73. The molecule has 2 aromatic heterocycles. The number of pyridine rings is 1. The molecule has 0 atom stereocenters. The normalized spacial score (nSPS) is 11.8. The zero-order valence-corrected chi connectivity index (χ0v) is 20.0. The molecule has 0 amide bonds. The van der Waals surface area contributed by atoms with Crippen molar-refractivity contribution >= 4 is 26.7 Å². The predicted molar refractivity (Wildman–Crippen MR) is 128 cm³/mol. The fraction of sp³-hybridized carbons (Fsp3) is 0.250. The number of benzene rings is 2. The van der Waals surface area contributed by atoms with Crippen molar-refractivity contribution in [2.45, 2.75) is 27.3 Å². The Balaban J connectivity index is 1.97. The van der Waals surface area contributed by atoms with Crippen LogP contribution in [0.2, 0.25) is 0 Å². The number of hydrogen-bond donors (Lipinski definition) is 1. The summed E-state index contributed by atoms with van der Waals surface area (Å²) in [5, 5.41) is 0. The van der Waals surface area contributed by atoms with E-state index in [4.69, 9.17) is 0 Å². The van der Waals surface area contributed by atoms with Gasteiger partial charge in [0.05, 0.1) is 23.5 Å². The third kappa shape index (κ3) is 4.45. The topological polar surface area (TPSA) is 86.0 Å². The predicted octanol–water partition coefficient (Wildman–Crippen LogP) is 4.11. The Morgan fingerprint density at radius 2 is 1.79 bits per heavy atom. The van der Waals surface area contributed by atoms with E-state index < -0.39 is 21.7 Å². The molecule has 178 valence electrons. The molecule has 0 aliphatic heterocycles. The minimum atomic E-state index is -3.62. The second kappa shape index (κ2) is 8.68. The molecule has 0 aliphatic rings. The van der Waals surface area contributed by atoms with Crippen molar-refractivity contribution in [3.8, 4) is 11.1 Å². The van der Waals surface area contributed by atoms with Gasteiger partial charge in [-0.3, -0.25) is 9.52 Å². The maximum Gasteiger partial charge on any atom is 0.253 e. The van der Waals surface area contributed by atoms with Gasteiger partial charge in [-0.05, 0) is 56.2 Å². The Labute approximate surface area is 195 Å². The number of aromatic nitrogens is 3. The molecule has 2 aromatic carbocycles. The lowest BCUT2D eigenvalue weighted by Gasteiger charge is -2.13. The Morgan fingerprint density at radius 3 is 2.44 bits per heavy atom. The van der Waals surface area contributed by atoms with Gasteiger partial charge in [0.2, 0.25) is 10.0 Å². The molecule has 0 radical (unpaired) electrons. The molecule has 1 N–H and O–H groups in total. The number of aryl methyl sites for hydroxylation is 3. The molecular formula is C24H24F2N4O3S. The van der Waals surface area contributed by atoms with Crippen LogP contribution in [0.25, 0.3) is 22.2 Å². The Bertz CT molecular complexity index is 1560. The number of imidazole rings is 1.